The Hall–Kier alpha value is -3.36. The van der Waals surface area contributed by atoms with Gasteiger partial charge in [0.1, 0.15) is 11.3 Å². The number of pyridine rings is 1. The predicted octanol–water partition coefficient (Wildman–Crippen LogP) is 6.26. The standard InChI is InChI=1S/C26H27F3N4O2/c1-25(2,3)35-24(34)32-12-13-33-21(15-32)22(19-10-11-30-14-20(19)16-4-5-16)23(31-33)17-6-8-18(9-7-17)26(27,28)29/h6-11,14,16H,4-5,12-13,15H2,1-3H3. The zero-order chi connectivity index (χ0) is 25.0. The summed E-state index contributed by atoms with van der Waals surface area (Å²) in [6, 6.07) is 7.03. The fraction of sp³-hybridized carbons (Fsp3) is 0.423. The monoisotopic (exact) mass is 484 g/mol. The molecule has 1 aliphatic heterocycles. The summed E-state index contributed by atoms with van der Waals surface area (Å²) in [5, 5.41) is 4.81. The molecule has 2 aromatic heterocycles. The van der Waals surface area contributed by atoms with Crippen molar-refractivity contribution in [1.82, 2.24) is 19.7 Å². The molecule has 9 heteroatoms. The van der Waals surface area contributed by atoms with Gasteiger partial charge in [0, 0.05) is 30.1 Å². The Bertz CT molecular complexity index is 1260. The molecule has 184 valence electrons. The van der Waals surface area contributed by atoms with Crippen LogP contribution in [0.15, 0.2) is 42.7 Å². The van der Waals surface area contributed by atoms with E-state index >= 15 is 0 Å². The van der Waals surface area contributed by atoms with E-state index in [2.05, 4.69) is 4.98 Å². The molecule has 0 saturated heterocycles. The third kappa shape index (κ3) is 4.76. The van der Waals surface area contributed by atoms with Crippen molar-refractivity contribution in [2.75, 3.05) is 6.54 Å². The second-order valence-electron chi connectivity index (χ2n) is 10.1. The van der Waals surface area contributed by atoms with Crippen LogP contribution in [-0.2, 0) is 24.0 Å². The van der Waals surface area contributed by atoms with Gasteiger partial charge in [0.15, 0.2) is 0 Å². The van der Waals surface area contributed by atoms with Gasteiger partial charge in [0.2, 0.25) is 0 Å². The molecule has 1 aromatic carbocycles. The van der Waals surface area contributed by atoms with E-state index in [9.17, 15) is 18.0 Å². The number of amides is 1. The number of benzene rings is 1. The van der Waals surface area contributed by atoms with Gasteiger partial charge < -0.3 is 9.64 Å². The lowest BCUT2D eigenvalue weighted by Gasteiger charge is -2.31. The lowest BCUT2D eigenvalue weighted by molar-refractivity contribution is -0.137. The third-order valence-corrected chi connectivity index (χ3v) is 6.26. The lowest BCUT2D eigenvalue weighted by atomic mass is 9.93. The number of fused-ring (bicyclic) bond motifs is 1. The Morgan fingerprint density at radius 1 is 1.06 bits per heavy atom. The number of ether oxygens (including phenoxy) is 1. The molecule has 0 bridgehead atoms. The van der Waals surface area contributed by atoms with Crippen LogP contribution in [0.2, 0.25) is 0 Å². The van der Waals surface area contributed by atoms with Crippen molar-refractivity contribution in [2.45, 2.75) is 64.4 Å². The van der Waals surface area contributed by atoms with E-state index in [-0.39, 0.29) is 0 Å². The third-order valence-electron chi connectivity index (χ3n) is 6.26. The SMILES string of the molecule is CC(C)(C)OC(=O)N1CCn2nc(-c3ccc(C(F)(F)F)cc3)c(-c3ccncc3C3CC3)c2C1. The van der Waals surface area contributed by atoms with Gasteiger partial charge in [-0.3, -0.25) is 9.67 Å². The van der Waals surface area contributed by atoms with Gasteiger partial charge in [-0.15, -0.1) is 0 Å². The van der Waals surface area contributed by atoms with Crippen molar-refractivity contribution in [1.29, 1.82) is 0 Å². The Balaban J connectivity index is 1.61. The van der Waals surface area contributed by atoms with Gasteiger partial charge in [-0.05, 0) is 68.9 Å². The van der Waals surface area contributed by atoms with E-state index < -0.39 is 23.4 Å². The summed E-state index contributed by atoms with van der Waals surface area (Å²) in [5.41, 5.74) is 3.62. The molecule has 1 amide bonds. The lowest BCUT2D eigenvalue weighted by Crippen LogP contribution is -2.41. The van der Waals surface area contributed by atoms with Crippen LogP contribution in [-0.4, -0.2) is 37.9 Å². The smallest absolute Gasteiger partial charge is 0.416 e. The maximum atomic E-state index is 13.2. The zero-order valence-electron chi connectivity index (χ0n) is 19.9. The van der Waals surface area contributed by atoms with Crippen molar-refractivity contribution in [3.8, 4) is 22.4 Å². The Morgan fingerprint density at radius 3 is 2.40 bits per heavy atom. The van der Waals surface area contributed by atoms with Crippen LogP contribution >= 0.6 is 0 Å². The van der Waals surface area contributed by atoms with E-state index in [0.29, 0.717) is 36.8 Å². The van der Waals surface area contributed by atoms with E-state index in [4.69, 9.17) is 9.84 Å². The normalized spacial score (nSPS) is 16.2. The van der Waals surface area contributed by atoms with Crippen LogP contribution < -0.4 is 0 Å². The summed E-state index contributed by atoms with van der Waals surface area (Å²) in [5.74, 6) is 0.403. The number of carbonyl (C=O) groups excluding carboxylic acids is 1. The van der Waals surface area contributed by atoms with Crippen molar-refractivity contribution in [3.05, 3.63) is 59.5 Å². The van der Waals surface area contributed by atoms with Gasteiger partial charge in [0.25, 0.3) is 0 Å². The van der Waals surface area contributed by atoms with Gasteiger partial charge >= 0.3 is 12.3 Å². The maximum Gasteiger partial charge on any atom is 0.416 e. The van der Waals surface area contributed by atoms with Crippen LogP contribution in [0.1, 0.15) is 56.4 Å². The molecule has 1 fully saturated rings. The molecule has 0 radical (unpaired) electrons. The molecule has 6 nitrogen and oxygen atoms in total. The first-order valence-electron chi connectivity index (χ1n) is 11.7. The molecule has 0 spiro atoms. The highest BCUT2D eigenvalue weighted by molar-refractivity contribution is 5.85. The molecule has 0 N–H and O–H groups in total. The number of carbonyl (C=O) groups is 1. The first-order valence-corrected chi connectivity index (χ1v) is 11.7. The largest absolute Gasteiger partial charge is 0.444 e. The van der Waals surface area contributed by atoms with Crippen molar-refractivity contribution in [3.63, 3.8) is 0 Å². The van der Waals surface area contributed by atoms with Crippen LogP contribution in [0.5, 0.6) is 0 Å². The summed E-state index contributed by atoms with van der Waals surface area (Å²) in [4.78, 5) is 18.8. The fourth-order valence-electron chi connectivity index (χ4n) is 4.46. The first-order chi connectivity index (χ1) is 16.5. The minimum Gasteiger partial charge on any atom is -0.444 e. The number of hydrogen-bond donors (Lipinski definition) is 0. The zero-order valence-corrected chi connectivity index (χ0v) is 19.9. The van der Waals surface area contributed by atoms with E-state index in [1.54, 1.807) is 11.1 Å². The topological polar surface area (TPSA) is 60.2 Å². The molecule has 3 heterocycles. The average molecular weight is 485 g/mol. The molecule has 2 aliphatic rings. The number of alkyl halides is 3. The molecule has 0 atom stereocenters. The highest BCUT2D eigenvalue weighted by Gasteiger charge is 2.34. The molecule has 1 aliphatic carbocycles. The van der Waals surface area contributed by atoms with Gasteiger partial charge in [0.05, 0.1) is 24.3 Å². The highest BCUT2D eigenvalue weighted by Crippen LogP contribution is 2.47. The van der Waals surface area contributed by atoms with Crippen LogP contribution in [0.4, 0.5) is 18.0 Å². The van der Waals surface area contributed by atoms with Crippen molar-refractivity contribution < 1.29 is 22.7 Å². The number of rotatable bonds is 3. The summed E-state index contributed by atoms with van der Waals surface area (Å²) >= 11 is 0. The number of aromatic nitrogens is 3. The Morgan fingerprint density at radius 2 is 1.77 bits per heavy atom. The molecule has 3 aromatic rings. The van der Waals surface area contributed by atoms with Gasteiger partial charge in [-0.2, -0.15) is 18.3 Å². The predicted molar refractivity (Wildman–Crippen MR) is 125 cm³/mol. The molecule has 0 unspecified atom stereocenters. The van der Waals surface area contributed by atoms with Crippen LogP contribution in [0.25, 0.3) is 22.4 Å². The second kappa shape index (κ2) is 8.39. The van der Waals surface area contributed by atoms with Crippen LogP contribution in [0, 0.1) is 0 Å². The van der Waals surface area contributed by atoms with Gasteiger partial charge in [-0.1, -0.05) is 12.1 Å². The quantitative estimate of drug-likeness (QED) is 0.440. The van der Waals surface area contributed by atoms with E-state index in [1.165, 1.54) is 12.1 Å². The molecular formula is C26H27F3N4O2. The summed E-state index contributed by atoms with van der Waals surface area (Å²) < 4.78 is 46.9. The van der Waals surface area contributed by atoms with Gasteiger partial charge in [-0.25, -0.2) is 4.79 Å². The van der Waals surface area contributed by atoms with E-state index in [0.717, 1.165) is 47.4 Å². The van der Waals surface area contributed by atoms with Crippen molar-refractivity contribution >= 4 is 6.09 Å². The van der Waals surface area contributed by atoms with Crippen molar-refractivity contribution in [2.24, 2.45) is 0 Å². The number of halogens is 3. The van der Waals surface area contributed by atoms with Crippen LogP contribution in [0.3, 0.4) is 0 Å². The molecule has 35 heavy (non-hydrogen) atoms. The minimum absolute atomic E-state index is 0.296. The summed E-state index contributed by atoms with van der Waals surface area (Å²) in [6.45, 7) is 6.67. The number of hydrogen-bond acceptors (Lipinski definition) is 4. The fourth-order valence-corrected chi connectivity index (χ4v) is 4.46. The first kappa shape index (κ1) is 23.4. The van der Waals surface area contributed by atoms with E-state index in [1.807, 2.05) is 37.7 Å². The molecule has 1 saturated carbocycles. The summed E-state index contributed by atoms with van der Waals surface area (Å²) in [7, 11) is 0. The maximum absolute atomic E-state index is 13.2. The highest BCUT2D eigenvalue weighted by atomic mass is 19.4. The molecular weight excluding hydrogens is 457 g/mol. The summed E-state index contributed by atoms with van der Waals surface area (Å²) in [6.07, 6.45) is 0.915. The number of nitrogens with zero attached hydrogens (tertiary/aromatic N) is 4. The average Bonchev–Trinajstić information content (AvgIpc) is 3.57. The Kier molecular flexibility index (Phi) is 5.61. The molecule has 5 rings (SSSR count). The Labute approximate surface area is 201 Å². The minimum atomic E-state index is -4.41. The second-order valence-corrected chi connectivity index (χ2v) is 10.1.